The molecule has 0 aromatic heterocycles. The molecule has 5 heteroatoms. The topological polar surface area (TPSA) is 18.5 Å². The summed E-state index contributed by atoms with van der Waals surface area (Å²) in [4.78, 5) is 0. The van der Waals surface area contributed by atoms with Crippen molar-refractivity contribution in [3.63, 3.8) is 0 Å². The lowest BCUT2D eigenvalue weighted by atomic mass is 11.3. The Hall–Kier alpha value is 0.311. The van der Waals surface area contributed by atoms with Crippen molar-refractivity contribution in [2.75, 3.05) is 0 Å². The van der Waals surface area contributed by atoms with Crippen LogP contribution in [0.1, 0.15) is 0 Å². The fourth-order valence-electron chi connectivity index (χ4n) is 0.215. The lowest BCUT2D eigenvalue weighted by Gasteiger charge is -1.94. The van der Waals surface area contributed by atoms with E-state index in [1.165, 1.54) is 0 Å². The summed E-state index contributed by atoms with van der Waals surface area (Å²) < 4.78 is 9.99. The minimum Gasteiger partial charge on any atom is -0.449 e. The standard InChI is InChI=1S/C2H10O2Si3/c1-2-6-4-7-3-5/h2H,1,6-7H2,5H3. The summed E-state index contributed by atoms with van der Waals surface area (Å²) in [6.07, 6.45) is 0. The van der Waals surface area contributed by atoms with Crippen LogP contribution >= 0.6 is 0 Å². The monoisotopic (exact) mass is 150 g/mol. The third-order valence-corrected chi connectivity index (χ3v) is 3.22. The van der Waals surface area contributed by atoms with E-state index in [-0.39, 0.29) is 9.76 Å². The summed E-state index contributed by atoms with van der Waals surface area (Å²) in [6.45, 7) is 3.55. The van der Waals surface area contributed by atoms with Gasteiger partial charge in [-0.2, -0.15) is 0 Å². The van der Waals surface area contributed by atoms with Crippen LogP contribution in [0.5, 0.6) is 0 Å². The maximum Gasteiger partial charge on any atom is 0.283 e. The van der Waals surface area contributed by atoms with Gasteiger partial charge in [-0.3, -0.25) is 0 Å². The Morgan fingerprint density at radius 1 is 1.71 bits per heavy atom. The molecule has 0 radical (unpaired) electrons. The van der Waals surface area contributed by atoms with Gasteiger partial charge in [0.25, 0.3) is 10.0 Å². The van der Waals surface area contributed by atoms with Gasteiger partial charge in [0, 0.05) is 0 Å². The molecule has 0 fully saturated rings. The van der Waals surface area contributed by atoms with Crippen LogP contribution < -0.4 is 0 Å². The van der Waals surface area contributed by atoms with Crippen LogP contribution in [0.2, 0.25) is 0 Å². The first kappa shape index (κ1) is 7.31. The first-order chi connectivity index (χ1) is 3.41. The molecule has 0 N–H and O–H groups in total. The Morgan fingerprint density at radius 2 is 2.43 bits per heavy atom. The van der Waals surface area contributed by atoms with Crippen molar-refractivity contribution in [1.29, 1.82) is 0 Å². The molecule has 0 spiro atoms. The third kappa shape index (κ3) is 6.31. The van der Waals surface area contributed by atoms with E-state index < -0.39 is 10.0 Å². The molecular weight excluding hydrogens is 140 g/mol. The van der Waals surface area contributed by atoms with Crippen molar-refractivity contribution in [3.05, 3.63) is 12.3 Å². The number of rotatable bonds is 4. The van der Waals surface area contributed by atoms with Crippen molar-refractivity contribution in [2.45, 2.75) is 0 Å². The minimum atomic E-state index is -0.537. The van der Waals surface area contributed by atoms with Crippen LogP contribution in [0.25, 0.3) is 0 Å². The zero-order chi connectivity index (χ0) is 5.54. The van der Waals surface area contributed by atoms with Gasteiger partial charge < -0.3 is 8.23 Å². The third-order valence-electron chi connectivity index (χ3n) is 0.437. The predicted molar refractivity (Wildman–Crippen MR) is 39.4 cm³/mol. The van der Waals surface area contributed by atoms with Crippen LogP contribution in [-0.4, -0.2) is 30.3 Å². The second-order valence-corrected chi connectivity index (χ2v) is 6.15. The molecule has 7 heavy (non-hydrogen) atoms. The summed E-state index contributed by atoms with van der Waals surface area (Å²) in [5.41, 5.74) is 1.87. The highest BCUT2D eigenvalue weighted by molar-refractivity contribution is 6.45. The molecule has 0 aliphatic heterocycles. The van der Waals surface area contributed by atoms with Crippen LogP contribution in [0.4, 0.5) is 0 Å². The average molecular weight is 150 g/mol. The van der Waals surface area contributed by atoms with Crippen LogP contribution in [-0.2, 0) is 8.23 Å². The Labute approximate surface area is 51.5 Å². The Bertz CT molecular complexity index is 48.2. The fraction of sp³-hybridized carbons (Fsp3) is 0. The molecule has 2 nitrogen and oxygen atoms in total. The summed E-state index contributed by atoms with van der Waals surface area (Å²) in [5, 5.41) is 0. The summed E-state index contributed by atoms with van der Waals surface area (Å²) in [7, 11) is -0.0731. The van der Waals surface area contributed by atoms with Crippen molar-refractivity contribution in [1.82, 2.24) is 0 Å². The Kier molecular flexibility index (Phi) is 6.59. The molecule has 0 amide bonds. The number of hydrogen-bond acceptors (Lipinski definition) is 2. The Balaban J connectivity index is 2.56. The van der Waals surface area contributed by atoms with Gasteiger partial charge in [0.1, 0.15) is 10.5 Å². The highest BCUT2D eigenvalue weighted by atomic mass is 28.3. The van der Waals surface area contributed by atoms with Crippen molar-refractivity contribution in [3.8, 4) is 0 Å². The molecule has 0 aliphatic carbocycles. The second-order valence-electron chi connectivity index (χ2n) is 1.07. The molecule has 0 aromatic rings. The maximum absolute atomic E-state index is 5.10. The molecule has 0 heterocycles. The number of hydrogen-bond donors (Lipinski definition) is 0. The molecule has 0 rings (SSSR count). The normalized spacial score (nSPS) is 12.6. The fourth-order valence-corrected chi connectivity index (χ4v) is 3.43. The zero-order valence-corrected chi connectivity index (χ0v) is 9.34. The SMILES string of the molecule is C=C[SiH2]O[SiH2]O[SiH3]. The van der Waals surface area contributed by atoms with E-state index in [0.717, 1.165) is 10.5 Å². The quantitative estimate of drug-likeness (QED) is 0.327. The lowest BCUT2D eigenvalue weighted by molar-refractivity contribution is 0.507. The average Bonchev–Trinajstić information content (AvgIpc) is 1.69. The van der Waals surface area contributed by atoms with Crippen LogP contribution in [0.3, 0.4) is 0 Å². The first-order valence-corrected chi connectivity index (χ1v) is 5.46. The van der Waals surface area contributed by atoms with Gasteiger partial charge in [-0.05, 0) is 0 Å². The zero-order valence-electron chi connectivity index (χ0n) is 4.52. The molecule has 0 aliphatic rings. The van der Waals surface area contributed by atoms with E-state index in [1.54, 1.807) is 0 Å². The molecule has 0 atom stereocenters. The molecule has 0 saturated carbocycles. The predicted octanol–water partition coefficient (Wildman–Crippen LogP) is -2.47. The summed E-state index contributed by atoms with van der Waals surface area (Å²) in [6, 6.07) is 0. The molecule has 0 unspecified atom stereocenters. The smallest absolute Gasteiger partial charge is 0.283 e. The molecule has 0 bridgehead atoms. The van der Waals surface area contributed by atoms with E-state index in [2.05, 4.69) is 6.58 Å². The van der Waals surface area contributed by atoms with Gasteiger partial charge in [0.05, 0.1) is 0 Å². The van der Waals surface area contributed by atoms with Crippen LogP contribution in [0.15, 0.2) is 12.3 Å². The molecule has 0 saturated heterocycles. The van der Waals surface area contributed by atoms with E-state index >= 15 is 0 Å². The molecule has 42 valence electrons. The largest absolute Gasteiger partial charge is 0.449 e. The summed E-state index contributed by atoms with van der Waals surface area (Å²) >= 11 is 0. The highest BCUT2D eigenvalue weighted by Gasteiger charge is 1.77. The van der Waals surface area contributed by atoms with E-state index in [1.807, 2.05) is 5.70 Å². The lowest BCUT2D eigenvalue weighted by Crippen LogP contribution is -2.03. The van der Waals surface area contributed by atoms with Gasteiger partial charge in [-0.1, -0.05) is 5.70 Å². The second kappa shape index (κ2) is 6.31. The van der Waals surface area contributed by atoms with Crippen molar-refractivity contribution < 1.29 is 8.23 Å². The van der Waals surface area contributed by atoms with Gasteiger partial charge in [-0.15, -0.1) is 6.58 Å². The van der Waals surface area contributed by atoms with E-state index in [9.17, 15) is 0 Å². The van der Waals surface area contributed by atoms with Crippen molar-refractivity contribution >= 4 is 30.3 Å². The molecular formula is C2H10O2Si3. The molecule has 0 aromatic carbocycles. The van der Waals surface area contributed by atoms with Gasteiger partial charge in [0.2, 0.25) is 0 Å². The highest BCUT2D eigenvalue weighted by Crippen LogP contribution is 1.64. The van der Waals surface area contributed by atoms with E-state index in [4.69, 9.17) is 8.23 Å². The van der Waals surface area contributed by atoms with Crippen LogP contribution in [0, 0.1) is 0 Å². The van der Waals surface area contributed by atoms with Gasteiger partial charge in [-0.25, -0.2) is 0 Å². The summed E-state index contributed by atoms with van der Waals surface area (Å²) in [5.74, 6) is 0. The maximum atomic E-state index is 5.10. The Morgan fingerprint density at radius 3 is 2.86 bits per heavy atom. The van der Waals surface area contributed by atoms with Gasteiger partial charge in [0.15, 0.2) is 9.76 Å². The van der Waals surface area contributed by atoms with Crippen molar-refractivity contribution in [2.24, 2.45) is 0 Å². The van der Waals surface area contributed by atoms with Gasteiger partial charge >= 0.3 is 0 Å². The van der Waals surface area contributed by atoms with E-state index in [0.29, 0.717) is 0 Å². The minimum absolute atomic E-state index is 0.366. The first-order valence-electron chi connectivity index (χ1n) is 2.09.